The van der Waals surface area contributed by atoms with Gasteiger partial charge >= 0.3 is 0 Å². The van der Waals surface area contributed by atoms with Gasteiger partial charge in [0.25, 0.3) is 5.91 Å². The van der Waals surface area contributed by atoms with E-state index in [0.717, 1.165) is 32.5 Å². The lowest BCUT2D eigenvalue weighted by Gasteiger charge is -2.46. The molecular formula is C18H30N4O3S. The Labute approximate surface area is 156 Å². The van der Waals surface area contributed by atoms with Crippen LogP contribution in [0.15, 0.2) is 29.2 Å². The van der Waals surface area contributed by atoms with Crippen molar-refractivity contribution in [3.05, 3.63) is 29.8 Å². The van der Waals surface area contributed by atoms with E-state index in [1.54, 1.807) is 7.05 Å². The van der Waals surface area contributed by atoms with Crippen molar-refractivity contribution in [1.29, 1.82) is 0 Å². The predicted octanol–water partition coefficient (Wildman–Crippen LogP) is 0.741. The van der Waals surface area contributed by atoms with Crippen molar-refractivity contribution < 1.29 is 13.2 Å². The van der Waals surface area contributed by atoms with Gasteiger partial charge in [0, 0.05) is 24.7 Å². The number of carbonyl (C=O) groups is 1. The number of rotatable bonds is 7. The number of hydrogen-bond acceptors (Lipinski definition) is 5. The van der Waals surface area contributed by atoms with Gasteiger partial charge in [0.15, 0.2) is 0 Å². The Morgan fingerprint density at radius 2 is 1.77 bits per heavy atom. The second-order valence-electron chi connectivity index (χ2n) is 6.98. The molecule has 1 aromatic carbocycles. The van der Waals surface area contributed by atoms with Crippen LogP contribution < -0.4 is 10.0 Å². The fourth-order valence-electron chi connectivity index (χ4n) is 3.31. The third-order valence-corrected chi connectivity index (χ3v) is 6.84. The highest BCUT2D eigenvalue weighted by molar-refractivity contribution is 7.89. The van der Waals surface area contributed by atoms with Crippen molar-refractivity contribution in [2.45, 2.75) is 30.2 Å². The number of hydrogen-bond donors (Lipinski definition) is 2. The third kappa shape index (κ3) is 4.62. The number of carbonyl (C=O) groups excluding carboxylic acids is 1. The zero-order chi connectivity index (χ0) is 19.4. The van der Waals surface area contributed by atoms with E-state index in [-0.39, 0.29) is 16.3 Å². The molecule has 1 aliphatic heterocycles. The highest BCUT2D eigenvalue weighted by atomic mass is 32.2. The van der Waals surface area contributed by atoms with Gasteiger partial charge in [0.2, 0.25) is 10.0 Å². The molecule has 2 N–H and O–H groups in total. The second-order valence-corrected chi connectivity index (χ2v) is 8.75. The lowest BCUT2D eigenvalue weighted by molar-refractivity contribution is 0.0624. The topological polar surface area (TPSA) is 81.8 Å². The summed E-state index contributed by atoms with van der Waals surface area (Å²) in [5, 5.41) is 2.52. The Bertz CT molecular complexity index is 708. The van der Waals surface area contributed by atoms with Crippen molar-refractivity contribution >= 4 is 15.9 Å². The summed E-state index contributed by atoms with van der Waals surface area (Å²) >= 11 is 0. The van der Waals surface area contributed by atoms with Gasteiger partial charge in [-0.25, -0.2) is 13.1 Å². The summed E-state index contributed by atoms with van der Waals surface area (Å²) in [7, 11) is 1.94. The molecule has 26 heavy (non-hydrogen) atoms. The lowest BCUT2D eigenvalue weighted by Crippen LogP contribution is -2.58. The number of amides is 1. The van der Waals surface area contributed by atoms with Crippen molar-refractivity contribution in [1.82, 2.24) is 19.8 Å². The minimum Gasteiger partial charge on any atom is -0.355 e. The quantitative estimate of drug-likeness (QED) is 0.727. The molecule has 0 aliphatic carbocycles. The smallest absolute Gasteiger partial charge is 0.251 e. The minimum atomic E-state index is -3.62. The molecule has 0 saturated carbocycles. The summed E-state index contributed by atoms with van der Waals surface area (Å²) in [6, 6.07) is 5.98. The molecule has 0 bridgehead atoms. The molecule has 1 aromatic rings. The molecule has 1 aliphatic rings. The Morgan fingerprint density at radius 3 is 2.23 bits per heavy atom. The van der Waals surface area contributed by atoms with Crippen LogP contribution in [0.5, 0.6) is 0 Å². The Balaban J connectivity index is 2.09. The van der Waals surface area contributed by atoms with Crippen molar-refractivity contribution in [2.24, 2.45) is 0 Å². The van der Waals surface area contributed by atoms with Crippen LogP contribution in [0.4, 0.5) is 0 Å². The number of likely N-dealkylation sites (tertiary alicyclic amines) is 1. The average molecular weight is 383 g/mol. The van der Waals surface area contributed by atoms with Gasteiger partial charge in [-0.1, -0.05) is 6.92 Å². The molecular weight excluding hydrogens is 352 g/mol. The van der Waals surface area contributed by atoms with E-state index in [2.05, 4.69) is 26.8 Å². The van der Waals surface area contributed by atoms with Gasteiger partial charge in [0.1, 0.15) is 0 Å². The van der Waals surface area contributed by atoms with E-state index in [0.29, 0.717) is 12.1 Å². The molecule has 0 radical (unpaired) electrons. The normalized spacial score (nSPS) is 18.0. The van der Waals surface area contributed by atoms with Crippen LogP contribution >= 0.6 is 0 Å². The molecule has 7 nitrogen and oxygen atoms in total. The molecule has 1 fully saturated rings. The highest BCUT2D eigenvalue weighted by Crippen LogP contribution is 2.27. The Kier molecular flexibility index (Phi) is 6.79. The van der Waals surface area contributed by atoms with Gasteiger partial charge in [-0.3, -0.25) is 4.79 Å². The minimum absolute atomic E-state index is 0.171. The number of nitrogens with one attached hydrogen (secondary N) is 2. The first kappa shape index (κ1) is 20.8. The first-order valence-corrected chi connectivity index (χ1v) is 10.4. The molecule has 8 heteroatoms. The SMILES string of the molecule is CCN1CCC(CNS(=O)(=O)c2ccc(C(=O)NC)cc2)(N(C)C)CC1. The molecule has 2 rings (SSSR count). The summed E-state index contributed by atoms with van der Waals surface area (Å²) in [4.78, 5) is 16.3. The average Bonchev–Trinajstić information content (AvgIpc) is 2.66. The third-order valence-electron chi connectivity index (χ3n) is 5.43. The van der Waals surface area contributed by atoms with Crippen LogP contribution in [0, 0.1) is 0 Å². The first-order valence-electron chi connectivity index (χ1n) is 8.96. The predicted molar refractivity (Wildman–Crippen MR) is 103 cm³/mol. The van der Waals surface area contributed by atoms with Crippen LogP contribution in [0.1, 0.15) is 30.1 Å². The van der Waals surface area contributed by atoms with Crippen LogP contribution in [0.2, 0.25) is 0 Å². The van der Waals surface area contributed by atoms with E-state index < -0.39 is 10.0 Å². The molecule has 0 unspecified atom stereocenters. The zero-order valence-corrected chi connectivity index (χ0v) is 16.9. The van der Waals surface area contributed by atoms with E-state index >= 15 is 0 Å². The van der Waals surface area contributed by atoms with Crippen LogP contribution in [-0.4, -0.2) is 77.0 Å². The molecule has 146 valence electrons. The summed E-state index contributed by atoms with van der Waals surface area (Å²) in [5.41, 5.74) is 0.254. The first-order chi connectivity index (χ1) is 12.2. The number of likely N-dealkylation sites (N-methyl/N-ethyl adjacent to an activating group) is 1. The molecule has 0 atom stereocenters. The Hall–Kier alpha value is -1.48. The summed E-state index contributed by atoms with van der Waals surface area (Å²) in [6.07, 6.45) is 1.85. The van der Waals surface area contributed by atoms with Crippen LogP contribution in [0.25, 0.3) is 0 Å². The van der Waals surface area contributed by atoms with Crippen LogP contribution in [-0.2, 0) is 10.0 Å². The largest absolute Gasteiger partial charge is 0.355 e. The van der Waals surface area contributed by atoms with Gasteiger partial charge < -0.3 is 15.1 Å². The highest BCUT2D eigenvalue weighted by Gasteiger charge is 2.37. The van der Waals surface area contributed by atoms with Crippen molar-refractivity contribution in [3.8, 4) is 0 Å². The maximum absolute atomic E-state index is 12.7. The van der Waals surface area contributed by atoms with Gasteiger partial charge in [-0.2, -0.15) is 0 Å². The summed E-state index contributed by atoms with van der Waals surface area (Å²) in [6.45, 7) is 5.48. The Morgan fingerprint density at radius 1 is 1.19 bits per heavy atom. The molecule has 1 heterocycles. The number of sulfonamides is 1. The van der Waals surface area contributed by atoms with Crippen molar-refractivity contribution in [2.75, 3.05) is 47.3 Å². The number of nitrogens with zero attached hydrogens (tertiary/aromatic N) is 2. The molecule has 1 saturated heterocycles. The monoisotopic (exact) mass is 382 g/mol. The standard InChI is InChI=1S/C18H30N4O3S/c1-5-22-12-10-18(11-13-22,21(3)4)14-20-26(24,25)16-8-6-15(7-9-16)17(23)19-2/h6-9,20H,5,10-14H2,1-4H3,(H,19,23). The maximum Gasteiger partial charge on any atom is 0.251 e. The van der Waals surface area contributed by atoms with Gasteiger partial charge in [0.05, 0.1) is 4.90 Å². The molecule has 0 aromatic heterocycles. The molecule has 1 amide bonds. The number of benzene rings is 1. The van der Waals surface area contributed by atoms with Gasteiger partial charge in [-0.15, -0.1) is 0 Å². The van der Waals surface area contributed by atoms with Crippen LogP contribution in [0.3, 0.4) is 0 Å². The zero-order valence-electron chi connectivity index (χ0n) is 16.1. The fraction of sp³-hybridized carbons (Fsp3) is 0.611. The van der Waals surface area contributed by atoms with E-state index in [9.17, 15) is 13.2 Å². The maximum atomic E-state index is 12.7. The second kappa shape index (κ2) is 8.47. The molecule has 0 spiro atoms. The van der Waals surface area contributed by atoms with Crippen molar-refractivity contribution in [3.63, 3.8) is 0 Å². The summed E-state index contributed by atoms with van der Waals surface area (Å²) < 4.78 is 28.1. The summed E-state index contributed by atoms with van der Waals surface area (Å²) in [5.74, 6) is -0.240. The lowest BCUT2D eigenvalue weighted by atomic mass is 9.86. The number of piperidine rings is 1. The fourth-order valence-corrected chi connectivity index (χ4v) is 4.43. The van der Waals surface area contributed by atoms with E-state index in [1.807, 2.05) is 14.1 Å². The van der Waals surface area contributed by atoms with Gasteiger partial charge in [-0.05, 0) is 70.8 Å². The van der Waals surface area contributed by atoms with E-state index in [4.69, 9.17) is 0 Å². The van der Waals surface area contributed by atoms with E-state index in [1.165, 1.54) is 24.3 Å².